The van der Waals surface area contributed by atoms with Crippen LogP contribution in [0.3, 0.4) is 0 Å². The number of para-hydroxylation sites is 1. The van der Waals surface area contributed by atoms with E-state index in [0.717, 1.165) is 64.8 Å². The minimum absolute atomic E-state index is 0.110. The lowest BCUT2D eigenvalue weighted by Crippen LogP contribution is -2.41. The molecule has 0 saturated carbocycles. The minimum atomic E-state index is 0.110. The van der Waals surface area contributed by atoms with Crippen molar-refractivity contribution in [1.29, 1.82) is 0 Å². The van der Waals surface area contributed by atoms with E-state index in [4.69, 9.17) is 9.47 Å². The number of rotatable bonds is 6. The van der Waals surface area contributed by atoms with E-state index in [2.05, 4.69) is 20.9 Å². The Morgan fingerprint density at radius 1 is 1.13 bits per heavy atom. The van der Waals surface area contributed by atoms with Gasteiger partial charge >= 0.3 is 0 Å². The molecular formula is C24H25BrN2O3. The predicted molar refractivity (Wildman–Crippen MR) is 121 cm³/mol. The third kappa shape index (κ3) is 4.75. The van der Waals surface area contributed by atoms with Crippen LogP contribution in [0, 0.1) is 0 Å². The zero-order chi connectivity index (χ0) is 20.9. The maximum Gasteiger partial charge on any atom is 0.222 e. The maximum atomic E-state index is 12.7. The number of aromatic nitrogens is 1. The summed E-state index contributed by atoms with van der Waals surface area (Å²) in [4.78, 5) is 19.1. The predicted octanol–water partition coefficient (Wildman–Crippen LogP) is 5.01. The van der Waals surface area contributed by atoms with Gasteiger partial charge in [0.15, 0.2) is 0 Å². The Kier molecular flexibility index (Phi) is 6.53. The quantitative estimate of drug-likeness (QED) is 0.510. The maximum absolute atomic E-state index is 12.7. The van der Waals surface area contributed by atoms with Crippen molar-refractivity contribution in [2.75, 3.05) is 20.2 Å². The van der Waals surface area contributed by atoms with E-state index in [1.165, 1.54) is 0 Å². The van der Waals surface area contributed by atoms with Crippen molar-refractivity contribution in [3.8, 4) is 11.5 Å². The van der Waals surface area contributed by atoms with Crippen LogP contribution >= 0.6 is 15.9 Å². The summed E-state index contributed by atoms with van der Waals surface area (Å²) in [5.41, 5.74) is 2.02. The van der Waals surface area contributed by atoms with Gasteiger partial charge in [-0.2, -0.15) is 0 Å². The summed E-state index contributed by atoms with van der Waals surface area (Å²) in [5.74, 6) is 1.82. The molecular weight excluding hydrogens is 444 g/mol. The van der Waals surface area contributed by atoms with Crippen LogP contribution in [-0.4, -0.2) is 42.1 Å². The first kappa shape index (κ1) is 20.7. The number of fused-ring (bicyclic) bond motifs is 1. The standard InChI is InChI=1S/C24H25BrN2O3/c1-29-21-9-7-17(16-20(21)25)8-10-23(28)27-14-11-19(12-15-27)30-22-6-2-4-18-5-3-13-26-24(18)22/h2-7,9,13,16,19H,8,10-12,14-15H2,1H3. The highest BCUT2D eigenvalue weighted by molar-refractivity contribution is 9.10. The van der Waals surface area contributed by atoms with Gasteiger partial charge in [0, 0.05) is 43.9 Å². The Bertz CT molecular complexity index is 1030. The first-order valence-corrected chi connectivity index (χ1v) is 11.0. The van der Waals surface area contributed by atoms with Crippen molar-refractivity contribution in [2.45, 2.75) is 31.8 Å². The Hall–Kier alpha value is -2.60. The van der Waals surface area contributed by atoms with Gasteiger partial charge in [0.2, 0.25) is 5.91 Å². The minimum Gasteiger partial charge on any atom is -0.496 e. The summed E-state index contributed by atoms with van der Waals surface area (Å²) in [7, 11) is 1.65. The molecule has 5 nitrogen and oxygen atoms in total. The number of piperidine rings is 1. The molecule has 0 radical (unpaired) electrons. The summed E-state index contributed by atoms with van der Waals surface area (Å²) in [6, 6.07) is 15.9. The van der Waals surface area contributed by atoms with Crippen LogP contribution in [0.5, 0.6) is 11.5 Å². The molecule has 2 heterocycles. The number of carbonyl (C=O) groups is 1. The zero-order valence-electron chi connectivity index (χ0n) is 17.0. The van der Waals surface area contributed by atoms with E-state index < -0.39 is 0 Å². The van der Waals surface area contributed by atoms with E-state index in [9.17, 15) is 4.79 Å². The van der Waals surface area contributed by atoms with Crippen molar-refractivity contribution in [1.82, 2.24) is 9.88 Å². The lowest BCUT2D eigenvalue weighted by atomic mass is 10.1. The van der Waals surface area contributed by atoms with E-state index in [-0.39, 0.29) is 12.0 Å². The van der Waals surface area contributed by atoms with Crippen molar-refractivity contribution >= 4 is 32.7 Å². The molecule has 4 rings (SSSR count). The number of aryl methyl sites for hydroxylation is 1. The summed E-state index contributed by atoms with van der Waals surface area (Å²) >= 11 is 3.50. The first-order chi connectivity index (χ1) is 14.6. The molecule has 0 spiro atoms. The van der Waals surface area contributed by atoms with Crippen LogP contribution in [0.2, 0.25) is 0 Å². The number of pyridine rings is 1. The summed E-state index contributed by atoms with van der Waals surface area (Å²) in [6.45, 7) is 1.46. The molecule has 0 N–H and O–H groups in total. The first-order valence-electron chi connectivity index (χ1n) is 10.2. The second kappa shape index (κ2) is 9.47. The van der Waals surface area contributed by atoms with Crippen LogP contribution in [0.1, 0.15) is 24.8 Å². The molecule has 3 aromatic rings. The third-order valence-corrected chi connectivity index (χ3v) is 6.15. The smallest absolute Gasteiger partial charge is 0.222 e. The largest absolute Gasteiger partial charge is 0.496 e. The number of carbonyl (C=O) groups excluding carboxylic acids is 1. The highest BCUT2D eigenvalue weighted by Crippen LogP contribution is 2.28. The lowest BCUT2D eigenvalue weighted by Gasteiger charge is -2.32. The van der Waals surface area contributed by atoms with Gasteiger partial charge in [-0.25, -0.2) is 0 Å². The Balaban J connectivity index is 1.28. The van der Waals surface area contributed by atoms with Crippen molar-refractivity contribution in [2.24, 2.45) is 0 Å². The highest BCUT2D eigenvalue weighted by Gasteiger charge is 2.24. The summed E-state index contributed by atoms with van der Waals surface area (Å²) in [5, 5.41) is 1.08. The van der Waals surface area contributed by atoms with Crippen LogP contribution in [-0.2, 0) is 11.2 Å². The normalized spacial score (nSPS) is 14.7. The van der Waals surface area contributed by atoms with E-state index in [1.54, 1.807) is 13.3 Å². The van der Waals surface area contributed by atoms with Gasteiger partial charge in [0.05, 0.1) is 11.6 Å². The SMILES string of the molecule is COc1ccc(CCC(=O)N2CCC(Oc3cccc4cccnc34)CC2)cc1Br. The van der Waals surface area contributed by atoms with Gasteiger partial charge < -0.3 is 14.4 Å². The lowest BCUT2D eigenvalue weighted by molar-refractivity contribution is -0.132. The fraction of sp³-hybridized carbons (Fsp3) is 0.333. The Morgan fingerprint density at radius 3 is 2.70 bits per heavy atom. The Labute approximate surface area is 185 Å². The number of hydrogen-bond acceptors (Lipinski definition) is 4. The van der Waals surface area contributed by atoms with Gasteiger partial charge in [0.25, 0.3) is 0 Å². The van der Waals surface area contributed by atoms with Gasteiger partial charge in [0.1, 0.15) is 23.1 Å². The third-order valence-electron chi connectivity index (χ3n) is 5.53. The molecule has 1 fully saturated rings. The fourth-order valence-corrected chi connectivity index (χ4v) is 4.44. The number of nitrogens with zero attached hydrogens (tertiary/aromatic N) is 2. The molecule has 6 heteroatoms. The monoisotopic (exact) mass is 468 g/mol. The zero-order valence-corrected chi connectivity index (χ0v) is 18.6. The number of benzene rings is 2. The number of amides is 1. The summed E-state index contributed by atoms with van der Waals surface area (Å²) < 4.78 is 12.4. The van der Waals surface area contributed by atoms with Gasteiger partial charge in [-0.05, 0) is 52.2 Å². The van der Waals surface area contributed by atoms with Crippen molar-refractivity contribution in [3.05, 3.63) is 64.8 Å². The van der Waals surface area contributed by atoms with Gasteiger partial charge in [-0.3, -0.25) is 9.78 Å². The Morgan fingerprint density at radius 2 is 1.93 bits per heavy atom. The number of halogens is 1. The second-order valence-corrected chi connectivity index (χ2v) is 8.35. The molecule has 1 amide bonds. The molecule has 1 aromatic heterocycles. The molecule has 0 aliphatic carbocycles. The average Bonchev–Trinajstić information content (AvgIpc) is 2.78. The molecule has 2 aromatic carbocycles. The van der Waals surface area contributed by atoms with Gasteiger partial charge in [-0.1, -0.05) is 24.3 Å². The second-order valence-electron chi connectivity index (χ2n) is 7.50. The summed E-state index contributed by atoms with van der Waals surface area (Å²) in [6.07, 6.45) is 4.81. The van der Waals surface area contributed by atoms with Crippen molar-refractivity contribution in [3.63, 3.8) is 0 Å². The van der Waals surface area contributed by atoms with Crippen molar-refractivity contribution < 1.29 is 14.3 Å². The van der Waals surface area contributed by atoms with Crippen LogP contribution in [0.4, 0.5) is 0 Å². The van der Waals surface area contributed by atoms with E-state index >= 15 is 0 Å². The van der Waals surface area contributed by atoms with Crippen LogP contribution in [0.25, 0.3) is 10.9 Å². The highest BCUT2D eigenvalue weighted by atomic mass is 79.9. The van der Waals surface area contributed by atoms with Crippen LogP contribution in [0.15, 0.2) is 59.2 Å². The molecule has 0 unspecified atom stereocenters. The number of methoxy groups -OCH3 is 1. The molecule has 0 bridgehead atoms. The molecule has 1 aliphatic heterocycles. The molecule has 1 saturated heterocycles. The molecule has 1 aliphatic rings. The number of ether oxygens (including phenoxy) is 2. The average molecular weight is 469 g/mol. The fourth-order valence-electron chi connectivity index (χ4n) is 3.85. The number of hydrogen-bond donors (Lipinski definition) is 0. The molecule has 156 valence electrons. The number of likely N-dealkylation sites (tertiary alicyclic amines) is 1. The molecule has 0 atom stereocenters. The van der Waals surface area contributed by atoms with E-state index in [0.29, 0.717) is 6.42 Å². The van der Waals surface area contributed by atoms with Crippen LogP contribution < -0.4 is 9.47 Å². The van der Waals surface area contributed by atoms with Gasteiger partial charge in [-0.15, -0.1) is 0 Å². The molecule has 30 heavy (non-hydrogen) atoms. The topological polar surface area (TPSA) is 51.7 Å². The van der Waals surface area contributed by atoms with E-state index in [1.807, 2.05) is 53.4 Å².